The van der Waals surface area contributed by atoms with E-state index in [0.29, 0.717) is 6.42 Å². The molecule has 3 atom stereocenters. The topological polar surface area (TPSA) is 49.7 Å². The summed E-state index contributed by atoms with van der Waals surface area (Å²) in [4.78, 5) is 1.13. The third-order valence-electron chi connectivity index (χ3n) is 2.66. The fraction of sp³-hybridized carbons (Fsp3) is 0.500. The average molecular weight is 240 g/mol. The van der Waals surface area contributed by atoms with Crippen molar-refractivity contribution < 1.29 is 14.9 Å². The lowest BCUT2D eigenvalue weighted by Crippen LogP contribution is -2.24. The summed E-state index contributed by atoms with van der Waals surface area (Å²) in [6.07, 6.45) is -0.403. The third-order valence-corrected chi connectivity index (χ3v) is 3.77. The van der Waals surface area contributed by atoms with E-state index in [-0.39, 0.29) is 12.0 Å². The van der Waals surface area contributed by atoms with Gasteiger partial charge < -0.3 is 14.9 Å². The molecule has 2 N–H and O–H groups in total. The molecule has 1 aliphatic rings. The molecule has 88 valence electrons. The van der Waals surface area contributed by atoms with E-state index in [4.69, 9.17) is 9.84 Å². The number of benzene rings is 1. The Morgan fingerprint density at radius 3 is 2.62 bits per heavy atom. The van der Waals surface area contributed by atoms with Crippen LogP contribution >= 0.6 is 11.8 Å². The van der Waals surface area contributed by atoms with E-state index in [1.165, 1.54) is 5.56 Å². The smallest absolute Gasteiger partial charge is 0.110 e. The second-order valence-corrected chi connectivity index (χ2v) is 5.25. The van der Waals surface area contributed by atoms with Crippen molar-refractivity contribution in [2.24, 2.45) is 0 Å². The molecule has 0 amide bonds. The highest BCUT2D eigenvalue weighted by Gasteiger charge is 2.33. The molecular weight excluding hydrogens is 224 g/mol. The number of aliphatic hydroxyl groups excluding tert-OH is 2. The van der Waals surface area contributed by atoms with Gasteiger partial charge in [-0.15, -0.1) is 0 Å². The van der Waals surface area contributed by atoms with E-state index in [9.17, 15) is 5.11 Å². The lowest BCUT2D eigenvalue weighted by Gasteiger charge is -2.11. The third kappa shape index (κ3) is 2.77. The highest BCUT2D eigenvalue weighted by atomic mass is 32.2. The number of thioether (sulfide) groups is 1. The molecule has 0 saturated carbocycles. The Kier molecular flexibility index (Phi) is 3.86. The van der Waals surface area contributed by atoms with Gasteiger partial charge in [0, 0.05) is 11.3 Å². The molecule has 3 nitrogen and oxygen atoms in total. The van der Waals surface area contributed by atoms with Crippen molar-refractivity contribution in [3.63, 3.8) is 0 Å². The first-order chi connectivity index (χ1) is 7.69. The lowest BCUT2D eigenvalue weighted by atomic mass is 10.2. The van der Waals surface area contributed by atoms with Crippen LogP contribution in [0.25, 0.3) is 0 Å². The van der Waals surface area contributed by atoms with E-state index in [0.717, 1.165) is 4.90 Å². The number of rotatable bonds is 3. The Hall–Kier alpha value is -0.550. The second-order valence-electron chi connectivity index (χ2n) is 4.02. The Morgan fingerprint density at radius 1 is 1.38 bits per heavy atom. The predicted octanol–water partition coefficient (Wildman–Crippen LogP) is 1.56. The molecule has 1 saturated heterocycles. The van der Waals surface area contributed by atoms with E-state index in [2.05, 4.69) is 12.1 Å². The van der Waals surface area contributed by atoms with Crippen molar-refractivity contribution in [1.29, 1.82) is 0 Å². The van der Waals surface area contributed by atoms with Crippen molar-refractivity contribution in [3.05, 3.63) is 29.8 Å². The molecule has 0 aliphatic carbocycles. The molecule has 0 aromatic heterocycles. The Labute approximate surface area is 99.4 Å². The predicted molar refractivity (Wildman–Crippen MR) is 63.4 cm³/mol. The molecule has 0 radical (unpaired) electrons. The quantitative estimate of drug-likeness (QED) is 0.841. The number of hydrogen-bond acceptors (Lipinski definition) is 4. The Bertz CT molecular complexity index is 339. The zero-order valence-electron chi connectivity index (χ0n) is 9.17. The van der Waals surface area contributed by atoms with Gasteiger partial charge in [0.15, 0.2) is 0 Å². The van der Waals surface area contributed by atoms with Crippen molar-refractivity contribution in [3.8, 4) is 0 Å². The molecule has 0 unspecified atom stereocenters. The highest BCUT2D eigenvalue weighted by Crippen LogP contribution is 2.33. The van der Waals surface area contributed by atoms with Crippen LogP contribution < -0.4 is 0 Å². The first-order valence-electron chi connectivity index (χ1n) is 5.37. The average Bonchev–Trinajstić information content (AvgIpc) is 2.62. The molecular formula is C12H16O3S. The van der Waals surface area contributed by atoms with Gasteiger partial charge in [0.25, 0.3) is 0 Å². The van der Waals surface area contributed by atoms with Gasteiger partial charge in [-0.3, -0.25) is 0 Å². The van der Waals surface area contributed by atoms with Gasteiger partial charge in [-0.05, 0) is 19.1 Å². The van der Waals surface area contributed by atoms with Crippen LogP contribution in [0.15, 0.2) is 29.2 Å². The maximum Gasteiger partial charge on any atom is 0.110 e. The van der Waals surface area contributed by atoms with Crippen LogP contribution in [-0.4, -0.2) is 34.5 Å². The molecule has 1 aromatic rings. The number of aryl methyl sites for hydroxylation is 1. The second kappa shape index (κ2) is 5.19. The maximum absolute atomic E-state index is 9.58. The molecule has 16 heavy (non-hydrogen) atoms. The zero-order chi connectivity index (χ0) is 11.5. The monoisotopic (exact) mass is 240 g/mol. The van der Waals surface area contributed by atoms with Crippen LogP contribution in [0.5, 0.6) is 0 Å². The van der Waals surface area contributed by atoms with Crippen molar-refractivity contribution in [2.75, 3.05) is 6.61 Å². The first-order valence-corrected chi connectivity index (χ1v) is 6.24. The van der Waals surface area contributed by atoms with E-state index < -0.39 is 12.2 Å². The molecule has 1 heterocycles. The van der Waals surface area contributed by atoms with Gasteiger partial charge in [0.05, 0.1) is 12.7 Å². The Morgan fingerprint density at radius 2 is 2.06 bits per heavy atom. The maximum atomic E-state index is 9.58. The van der Waals surface area contributed by atoms with E-state index in [1.807, 2.05) is 19.1 Å². The summed E-state index contributed by atoms with van der Waals surface area (Å²) in [6, 6.07) is 8.19. The highest BCUT2D eigenvalue weighted by molar-refractivity contribution is 7.99. The van der Waals surface area contributed by atoms with Gasteiger partial charge in [-0.25, -0.2) is 0 Å². The molecule has 4 heteroatoms. The van der Waals surface area contributed by atoms with Crippen molar-refractivity contribution in [2.45, 2.75) is 35.9 Å². The molecule has 0 bridgehead atoms. The van der Waals surface area contributed by atoms with Crippen molar-refractivity contribution >= 4 is 11.8 Å². The Balaban J connectivity index is 1.94. The first kappa shape index (κ1) is 11.9. The minimum Gasteiger partial charge on any atom is -0.394 e. The van der Waals surface area contributed by atoms with Gasteiger partial charge in [0.2, 0.25) is 0 Å². The zero-order valence-corrected chi connectivity index (χ0v) is 9.98. The number of ether oxygens (including phenoxy) is 1. The minimum absolute atomic E-state index is 0.0603. The van der Waals surface area contributed by atoms with Crippen molar-refractivity contribution in [1.82, 2.24) is 0 Å². The SMILES string of the molecule is Cc1ccc(S[C@@H]2C[C@H](O)[C@@H](CO)O2)cc1. The lowest BCUT2D eigenvalue weighted by molar-refractivity contribution is -0.00249. The van der Waals surface area contributed by atoms with Crippen LogP contribution in [0, 0.1) is 6.92 Å². The summed E-state index contributed by atoms with van der Waals surface area (Å²) in [5.74, 6) is 0. The molecule has 2 rings (SSSR count). The van der Waals surface area contributed by atoms with Crippen LogP contribution in [0.2, 0.25) is 0 Å². The normalized spacial score (nSPS) is 29.6. The molecule has 1 aromatic carbocycles. The standard InChI is InChI=1S/C12H16O3S/c1-8-2-4-9(5-3-8)16-12-6-10(14)11(7-13)15-12/h2-5,10-14H,6-7H2,1H3/t10-,11+,12+/m0/s1. The summed E-state index contributed by atoms with van der Waals surface area (Å²) in [5.41, 5.74) is 1.17. The van der Waals surface area contributed by atoms with Crippen LogP contribution in [-0.2, 0) is 4.74 Å². The summed E-state index contributed by atoms with van der Waals surface area (Å²) >= 11 is 1.59. The summed E-state index contributed by atoms with van der Waals surface area (Å²) < 4.78 is 5.52. The van der Waals surface area contributed by atoms with E-state index in [1.54, 1.807) is 11.8 Å². The molecule has 1 aliphatic heterocycles. The van der Waals surface area contributed by atoms with Gasteiger partial charge in [0.1, 0.15) is 11.5 Å². The number of aliphatic hydroxyl groups is 2. The fourth-order valence-corrected chi connectivity index (χ4v) is 2.79. The summed E-state index contributed by atoms with van der Waals surface area (Å²) in [6.45, 7) is 1.93. The molecule has 1 fully saturated rings. The minimum atomic E-state index is -0.548. The summed E-state index contributed by atoms with van der Waals surface area (Å²) in [7, 11) is 0. The summed E-state index contributed by atoms with van der Waals surface area (Å²) in [5, 5.41) is 18.5. The van der Waals surface area contributed by atoms with Crippen LogP contribution in [0.3, 0.4) is 0 Å². The fourth-order valence-electron chi connectivity index (χ4n) is 1.70. The van der Waals surface area contributed by atoms with Gasteiger partial charge in [-0.2, -0.15) is 0 Å². The number of hydrogen-bond donors (Lipinski definition) is 2. The largest absolute Gasteiger partial charge is 0.394 e. The molecule has 0 spiro atoms. The van der Waals surface area contributed by atoms with Gasteiger partial charge in [-0.1, -0.05) is 29.5 Å². The van der Waals surface area contributed by atoms with Crippen LogP contribution in [0.1, 0.15) is 12.0 Å². The van der Waals surface area contributed by atoms with Gasteiger partial charge >= 0.3 is 0 Å². The van der Waals surface area contributed by atoms with Crippen LogP contribution in [0.4, 0.5) is 0 Å². The van der Waals surface area contributed by atoms with E-state index >= 15 is 0 Å².